The molecule has 1 aromatic heterocycles. The van der Waals surface area contributed by atoms with Gasteiger partial charge in [0.15, 0.2) is 0 Å². The first-order valence-electron chi connectivity index (χ1n) is 5.37. The standard InChI is InChI=1S/C10H18N4O3/c1-8-9(7-14(2)13-8)12-10(16)11-3-5-17-6-4-15/h7,15H,3-6H2,1-2H3,(H2,11,12,16). The van der Waals surface area contributed by atoms with E-state index in [1.54, 1.807) is 17.9 Å². The lowest BCUT2D eigenvalue weighted by molar-refractivity contribution is 0.0950. The van der Waals surface area contributed by atoms with Gasteiger partial charge < -0.3 is 20.5 Å². The molecule has 0 radical (unpaired) electrons. The molecule has 0 unspecified atom stereocenters. The van der Waals surface area contributed by atoms with E-state index in [-0.39, 0.29) is 19.2 Å². The Labute approximate surface area is 99.8 Å². The average molecular weight is 242 g/mol. The molecule has 0 fully saturated rings. The van der Waals surface area contributed by atoms with E-state index in [0.717, 1.165) is 5.69 Å². The SMILES string of the molecule is Cc1nn(C)cc1NC(=O)NCCOCCO. The van der Waals surface area contributed by atoms with Gasteiger partial charge in [-0.3, -0.25) is 4.68 Å². The lowest BCUT2D eigenvalue weighted by Crippen LogP contribution is -2.31. The molecule has 0 aliphatic rings. The predicted molar refractivity (Wildman–Crippen MR) is 62.9 cm³/mol. The summed E-state index contributed by atoms with van der Waals surface area (Å²) in [6.07, 6.45) is 1.73. The van der Waals surface area contributed by atoms with Crippen molar-refractivity contribution in [2.75, 3.05) is 31.7 Å². The van der Waals surface area contributed by atoms with E-state index in [0.29, 0.717) is 18.8 Å². The van der Waals surface area contributed by atoms with Crippen LogP contribution in [0.3, 0.4) is 0 Å². The molecule has 2 amide bonds. The minimum Gasteiger partial charge on any atom is -0.394 e. The number of rotatable bonds is 6. The maximum atomic E-state index is 11.4. The molecule has 0 saturated carbocycles. The van der Waals surface area contributed by atoms with Crippen LogP contribution < -0.4 is 10.6 Å². The van der Waals surface area contributed by atoms with Crippen molar-refractivity contribution in [1.82, 2.24) is 15.1 Å². The fourth-order valence-electron chi connectivity index (χ4n) is 1.29. The summed E-state index contributed by atoms with van der Waals surface area (Å²) in [5.41, 5.74) is 1.44. The molecule has 1 rings (SSSR count). The number of anilines is 1. The summed E-state index contributed by atoms with van der Waals surface area (Å²) in [6, 6.07) is -0.298. The molecular formula is C10H18N4O3. The summed E-state index contributed by atoms with van der Waals surface area (Å²) >= 11 is 0. The highest BCUT2D eigenvalue weighted by atomic mass is 16.5. The molecule has 0 saturated heterocycles. The largest absolute Gasteiger partial charge is 0.394 e. The molecular weight excluding hydrogens is 224 g/mol. The van der Waals surface area contributed by atoms with Crippen LogP contribution in [0.5, 0.6) is 0 Å². The first kappa shape index (κ1) is 13.5. The Balaban J connectivity index is 2.23. The Morgan fingerprint density at radius 1 is 1.59 bits per heavy atom. The highest BCUT2D eigenvalue weighted by Crippen LogP contribution is 2.10. The second-order valence-electron chi connectivity index (χ2n) is 3.52. The number of urea groups is 1. The number of aliphatic hydroxyl groups is 1. The predicted octanol–water partition coefficient (Wildman–Crippen LogP) is -0.141. The maximum Gasteiger partial charge on any atom is 0.319 e. The number of aromatic nitrogens is 2. The van der Waals surface area contributed by atoms with Gasteiger partial charge in [0.25, 0.3) is 0 Å². The fraction of sp³-hybridized carbons (Fsp3) is 0.600. The van der Waals surface area contributed by atoms with E-state index in [2.05, 4.69) is 15.7 Å². The van der Waals surface area contributed by atoms with E-state index in [4.69, 9.17) is 9.84 Å². The van der Waals surface area contributed by atoms with Gasteiger partial charge in [0, 0.05) is 19.8 Å². The van der Waals surface area contributed by atoms with Crippen molar-refractivity contribution in [2.45, 2.75) is 6.92 Å². The monoisotopic (exact) mass is 242 g/mol. The summed E-state index contributed by atoms with van der Waals surface area (Å²) < 4.78 is 6.64. The molecule has 96 valence electrons. The van der Waals surface area contributed by atoms with Crippen molar-refractivity contribution < 1.29 is 14.6 Å². The van der Waals surface area contributed by atoms with Crippen LogP contribution in [0.4, 0.5) is 10.5 Å². The molecule has 0 aliphatic heterocycles. The van der Waals surface area contributed by atoms with Crippen molar-refractivity contribution in [3.63, 3.8) is 0 Å². The smallest absolute Gasteiger partial charge is 0.319 e. The second kappa shape index (κ2) is 6.87. The topological polar surface area (TPSA) is 88.4 Å². The first-order chi connectivity index (χ1) is 8.13. The number of carbonyl (C=O) groups excluding carboxylic acids is 1. The molecule has 0 atom stereocenters. The summed E-state index contributed by atoms with van der Waals surface area (Å²) in [6.45, 7) is 2.86. The van der Waals surface area contributed by atoms with Crippen LogP contribution in [0.1, 0.15) is 5.69 Å². The van der Waals surface area contributed by atoms with E-state index >= 15 is 0 Å². The summed E-state index contributed by atoms with van der Waals surface area (Å²) in [5, 5.41) is 17.9. The Morgan fingerprint density at radius 2 is 2.35 bits per heavy atom. The minimum absolute atomic E-state index is 0.0128. The van der Waals surface area contributed by atoms with Crippen LogP contribution in [0, 0.1) is 6.92 Å². The Kier molecular flexibility index (Phi) is 5.44. The Morgan fingerprint density at radius 3 is 2.94 bits per heavy atom. The van der Waals surface area contributed by atoms with E-state index < -0.39 is 0 Å². The number of nitrogens with one attached hydrogen (secondary N) is 2. The van der Waals surface area contributed by atoms with E-state index in [1.807, 2.05) is 6.92 Å². The molecule has 0 aliphatic carbocycles. The molecule has 7 nitrogen and oxygen atoms in total. The highest BCUT2D eigenvalue weighted by molar-refractivity contribution is 5.89. The number of aliphatic hydroxyl groups excluding tert-OH is 1. The molecule has 17 heavy (non-hydrogen) atoms. The molecule has 1 heterocycles. The van der Waals surface area contributed by atoms with Gasteiger partial charge in [-0.1, -0.05) is 0 Å². The van der Waals surface area contributed by atoms with Gasteiger partial charge in [0.2, 0.25) is 0 Å². The number of aryl methyl sites for hydroxylation is 2. The van der Waals surface area contributed by atoms with Crippen molar-refractivity contribution >= 4 is 11.7 Å². The third-order valence-electron chi connectivity index (χ3n) is 2.03. The Hall–Kier alpha value is -1.60. The van der Waals surface area contributed by atoms with Gasteiger partial charge in [0.1, 0.15) is 0 Å². The van der Waals surface area contributed by atoms with Crippen molar-refractivity contribution in [3.8, 4) is 0 Å². The molecule has 0 aromatic carbocycles. The van der Waals surface area contributed by atoms with E-state index in [1.165, 1.54) is 0 Å². The van der Waals surface area contributed by atoms with Crippen LogP contribution in [0.25, 0.3) is 0 Å². The van der Waals surface area contributed by atoms with Crippen molar-refractivity contribution in [2.24, 2.45) is 7.05 Å². The lowest BCUT2D eigenvalue weighted by Gasteiger charge is -2.06. The molecule has 7 heteroatoms. The average Bonchev–Trinajstić information content (AvgIpc) is 2.57. The zero-order chi connectivity index (χ0) is 12.7. The van der Waals surface area contributed by atoms with Crippen LogP contribution in [-0.2, 0) is 11.8 Å². The van der Waals surface area contributed by atoms with Crippen molar-refractivity contribution in [1.29, 1.82) is 0 Å². The second-order valence-corrected chi connectivity index (χ2v) is 3.52. The third-order valence-corrected chi connectivity index (χ3v) is 2.03. The Bertz CT molecular complexity index is 364. The number of hydrogen-bond acceptors (Lipinski definition) is 4. The fourth-order valence-corrected chi connectivity index (χ4v) is 1.29. The van der Waals surface area contributed by atoms with Crippen LogP contribution >= 0.6 is 0 Å². The zero-order valence-electron chi connectivity index (χ0n) is 10.1. The minimum atomic E-state index is -0.298. The third kappa shape index (κ3) is 4.83. The van der Waals surface area contributed by atoms with Gasteiger partial charge in [-0.2, -0.15) is 5.10 Å². The number of ether oxygens (including phenoxy) is 1. The van der Waals surface area contributed by atoms with Gasteiger partial charge in [-0.05, 0) is 6.92 Å². The van der Waals surface area contributed by atoms with Crippen LogP contribution in [-0.4, -0.2) is 47.3 Å². The molecule has 1 aromatic rings. The van der Waals surface area contributed by atoms with Crippen molar-refractivity contribution in [3.05, 3.63) is 11.9 Å². The van der Waals surface area contributed by atoms with Gasteiger partial charge in [0.05, 0.1) is 31.2 Å². The molecule has 0 bridgehead atoms. The molecule has 0 spiro atoms. The van der Waals surface area contributed by atoms with Crippen LogP contribution in [0.2, 0.25) is 0 Å². The van der Waals surface area contributed by atoms with Gasteiger partial charge in [-0.15, -0.1) is 0 Å². The van der Waals surface area contributed by atoms with Gasteiger partial charge >= 0.3 is 6.03 Å². The molecule has 3 N–H and O–H groups in total. The van der Waals surface area contributed by atoms with E-state index in [9.17, 15) is 4.79 Å². The number of hydrogen-bond donors (Lipinski definition) is 3. The van der Waals surface area contributed by atoms with Gasteiger partial charge in [-0.25, -0.2) is 4.79 Å². The zero-order valence-corrected chi connectivity index (χ0v) is 10.1. The summed E-state index contributed by atoms with van der Waals surface area (Å²) in [4.78, 5) is 11.4. The quantitative estimate of drug-likeness (QED) is 0.606. The number of amides is 2. The normalized spacial score (nSPS) is 10.3. The summed E-state index contributed by atoms with van der Waals surface area (Å²) in [5.74, 6) is 0. The number of nitrogens with zero attached hydrogens (tertiary/aromatic N) is 2. The summed E-state index contributed by atoms with van der Waals surface area (Å²) in [7, 11) is 1.79. The number of carbonyl (C=O) groups is 1. The highest BCUT2D eigenvalue weighted by Gasteiger charge is 2.06. The first-order valence-corrected chi connectivity index (χ1v) is 5.37. The van der Waals surface area contributed by atoms with Crippen LogP contribution in [0.15, 0.2) is 6.20 Å². The maximum absolute atomic E-state index is 11.4. The lowest BCUT2D eigenvalue weighted by atomic mass is 10.4.